The quantitative estimate of drug-likeness (QED) is 0.606. The molecule has 0 bridgehead atoms. The molecule has 0 saturated heterocycles. The fourth-order valence-corrected chi connectivity index (χ4v) is 1.10. The Hall–Kier alpha value is -1.26. The summed E-state index contributed by atoms with van der Waals surface area (Å²) in [4.78, 5) is 22.8. The summed E-state index contributed by atoms with van der Waals surface area (Å²) in [6.07, 6.45) is -1.63. The second-order valence-electron chi connectivity index (χ2n) is 2.92. The van der Waals surface area contributed by atoms with Crippen molar-refractivity contribution in [3.05, 3.63) is 11.6 Å². The number of hydrogen-bond donors (Lipinski definition) is 0. The van der Waals surface area contributed by atoms with Crippen LogP contribution in [0.5, 0.6) is 0 Å². The number of alkyl halides is 2. The average molecular weight is 189 g/mol. The van der Waals surface area contributed by atoms with Gasteiger partial charge in [-0.15, -0.1) is 0 Å². The molecule has 1 heterocycles. The molecule has 1 atom stereocenters. The fourth-order valence-electron chi connectivity index (χ4n) is 1.10. The third-order valence-electron chi connectivity index (χ3n) is 1.91. The van der Waals surface area contributed by atoms with Gasteiger partial charge in [-0.1, -0.05) is 0 Å². The van der Waals surface area contributed by atoms with Gasteiger partial charge in [0, 0.05) is 11.6 Å². The molecule has 0 radical (unpaired) electrons. The highest BCUT2D eigenvalue weighted by molar-refractivity contribution is 6.16. The molecule has 0 fully saturated rings. The molecule has 0 aromatic carbocycles. The Kier molecular flexibility index (Phi) is 2.45. The van der Waals surface area contributed by atoms with Crippen LogP contribution >= 0.6 is 0 Å². The normalized spacial score (nSPS) is 19.8. The van der Waals surface area contributed by atoms with E-state index in [1.54, 1.807) is 0 Å². The first kappa shape index (κ1) is 9.83. The summed E-state index contributed by atoms with van der Waals surface area (Å²) in [5.74, 6) is -1.28. The lowest BCUT2D eigenvalue weighted by molar-refractivity contribution is -0.143. The molecule has 1 unspecified atom stereocenters. The Balaban J connectivity index is 2.85. The minimum Gasteiger partial charge on any atom is -0.269 e. The van der Waals surface area contributed by atoms with Crippen molar-refractivity contribution in [2.45, 2.75) is 26.3 Å². The molecule has 0 aliphatic carbocycles. The number of hydrogen-bond acceptors (Lipinski definition) is 2. The number of imide groups is 1. The van der Waals surface area contributed by atoms with Gasteiger partial charge in [0.2, 0.25) is 0 Å². The van der Waals surface area contributed by atoms with Crippen molar-refractivity contribution < 1.29 is 18.4 Å². The number of carbonyl (C=O) groups is 2. The number of nitrogens with zero attached hydrogens (tertiary/aromatic N) is 1. The van der Waals surface area contributed by atoms with Crippen molar-refractivity contribution in [1.29, 1.82) is 0 Å². The predicted molar refractivity (Wildman–Crippen MR) is 41.1 cm³/mol. The van der Waals surface area contributed by atoms with Crippen LogP contribution in [0, 0.1) is 0 Å². The van der Waals surface area contributed by atoms with Crippen molar-refractivity contribution in [2.75, 3.05) is 0 Å². The molecule has 0 aromatic heterocycles. The summed E-state index contributed by atoms with van der Waals surface area (Å²) in [5.41, 5.74) is 0.206. The molecule has 0 aromatic rings. The maximum absolute atomic E-state index is 12.2. The van der Waals surface area contributed by atoms with E-state index in [0.717, 1.165) is 13.0 Å². The Labute approximate surface area is 74.0 Å². The first-order valence-corrected chi connectivity index (χ1v) is 3.79. The Bertz CT molecular complexity index is 286. The molecule has 1 aliphatic rings. The predicted octanol–water partition coefficient (Wildman–Crippen LogP) is 0.955. The van der Waals surface area contributed by atoms with E-state index in [1.165, 1.54) is 6.92 Å². The molecule has 0 saturated carbocycles. The van der Waals surface area contributed by atoms with Crippen molar-refractivity contribution >= 4 is 11.8 Å². The highest BCUT2D eigenvalue weighted by atomic mass is 19.3. The maximum atomic E-state index is 12.2. The zero-order valence-electron chi connectivity index (χ0n) is 7.25. The summed E-state index contributed by atoms with van der Waals surface area (Å²) in [6.45, 7) is 2.57. The number of rotatable bonds is 2. The lowest BCUT2D eigenvalue weighted by Gasteiger charge is -2.21. The standard InChI is InChI=1S/C8H9F2NO2/c1-4-3-6(12)11(8(4)13)5(2)7(9)10/h3,5,7H,1-2H3. The van der Waals surface area contributed by atoms with E-state index >= 15 is 0 Å². The van der Waals surface area contributed by atoms with Gasteiger partial charge in [0.15, 0.2) is 0 Å². The van der Waals surface area contributed by atoms with Crippen LogP contribution in [-0.2, 0) is 9.59 Å². The van der Waals surface area contributed by atoms with Crippen molar-refractivity contribution in [3.63, 3.8) is 0 Å². The van der Waals surface area contributed by atoms with Crippen LogP contribution in [0.3, 0.4) is 0 Å². The molecular formula is C8H9F2NO2. The third kappa shape index (κ3) is 1.59. The van der Waals surface area contributed by atoms with Gasteiger partial charge in [-0.3, -0.25) is 14.5 Å². The van der Waals surface area contributed by atoms with Gasteiger partial charge in [0.05, 0.1) is 6.04 Å². The monoisotopic (exact) mass is 189 g/mol. The number of carbonyl (C=O) groups excluding carboxylic acids is 2. The smallest absolute Gasteiger partial charge is 0.258 e. The highest BCUT2D eigenvalue weighted by Gasteiger charge is 2.36. The second-order valence-corrected chi connectivity index (χ2v) is 2.92. The van der Waals surface area contributed by atoms with Crippen LogP contribution in [0.1, 0.15) is 13.8 Å². The van der Waals surface area contributed by atoms with Gasteiger partial charge < -0.3 is 0 Å². The van der Waals surface area contributed by atoms with Crippen LogP contribution in [0.2, 0.25) is 0 Å². The van der Waals surface area contributed by atoms with Gasteiger partial charge in [-0.2, -0.15) is 0 Å². The fraction of sp³-hybridized carbons (Fsp3) is 0.500. The number of amides is 2. The summed E-state index contributed by atoms with van der Waals surface area (Å²) >= 11 is 0. The maximum Gasteiger partial charge on any atom is 0.258 e. The average Bonchev–Trinajstić information content (AvgIpc) is 2.26. The van der Waals surface area contributed by atoms with Gasteiger partial charge in [-0.05, 0) is 13.8 Å². The van der Waals surface area contributed by atoms with Gasteiger partial charge in [-0.25, -0.2) is 8.78 Å². The Morgan fingerprint density at radius 3 is 2.23 bits per heavy atom. The first-order valence-electron chi connectivity index (χ1n) is 3.79. The van der Waals surface area contributed by atoms with E-state index in [4.69, 9.17) is 0 Å². The van der Waals surface area contributed by atoms with Crippen LogP contribution < -0.4 is 0 Å². The summed E-state index contributed by atoms with van der Waals surface area (Å²) in [6, 6.07) is -1.35. The van der Waals surface area contributed by atoms with Crippen LogP contribution in [-0.4, -0.2) is 29.2 Å². The molecule has 2 amide bonds. The minimum atomic E-state index is -2.70. The van der Waals surface area contributed by atoms with Gasteiger partial charge >= 0.3 is 0 Å². The van der Waals surface area contributed by atoms with Crippen molar-refractivity contribution in [1.82, 2.24) is 4.90 Å². The van der Waals surface area contributed by atoms with Crippen LogP contribution in [0.25, 0.3) is 0 Å². The van der Waals surface area contributed by atoms with Crippen molar-refractivity contribution in [3.8, 4) is 0 Å². The molecule has 5 heteroatoms. The Morgan fingerprint density at radius 2 is 1.92 bits per heavy atom. The largest absolute Gasteiger partial charge is 0.269 e. The molecule has 0 N–H and O–H groups in total. The molecule has 1 rings (SSSR count). The highest BCUT2D eigenvalue weighted by Crippen LogP contribution is 2.18. The second kappa shape index (κ2) is 3.24. The summed E-state index contributed by atoms with van der Waals surface area (Å²) in [7, 11) is 0. The molecular weight excluding hydrogens is 180 g/mol. The van der Waals surface area contributed by atoms with Gasteiger partial charge in [0.1, 0.15) is 0 Å². The molecule has 1 aliphatic heterocycles. The van der Waals surface area contributed by atoms with E-state index in [2.05, 4.69) is 0 Å². The van der Waals surface area contributed by atoms with E-state index in [-0.39, 0.29) is 5.57 Å². The molecule has 13 heavy (non-hydrogen) atoms. The third-order valence-corrected chi connectivity index (χ3v) is 1.91. The van der Waals surface area contributed by atoms with E-state index in [0.29, 0.717) is 4.90 Å². The first-order chi connectivity index (χ1) is 5.95. The minimum absolute atomic E-state index is 0.206. The topological polar surface area (TPSA) is 37.4 Å². The molecule has 72 valence electrons. The Morgan fingerprint density at radius 1 is 1.38 bits per heavy atom. The van der Waals surface area contributed by atoms with Gasteiger partial charge in [0.25, 0.3) is 18.2 Å². The van der Waals surface area contributed by atoms with E-state index < -0.39 is 24.3 Å². The number of halogens is 2. The lowest BCUT2D eigenvalue weighted by atomic mass is 10.3. The van der Waals surface area contributed by atoms with Crippen LogP contribution in [0.4, 0.5) is 8.78 Å². The summed E-state index contributed by atoms with van der Waals surface area (Å²) in [5, 5.41) is 0. The molecule has 3 nitrogen and oxygen atoms in total. The van der Waals surface area contributed by atoms with E-state index in [9.17, 15) is 18.4 Å². The molecule has 0 spiro atoms. The van der Waals surface area contributed by atoms with Crippen LogP contribution in [0.15, 0.2) is 11.6 Å². The van der Waals surface area contributed by atoms with Crippen molar-refractivity contribution in [2.24, 2.45) is 0 Å². The van der Waals surface area contributed by atoms with E-state index in [1.807, 2.05) is 0 Å². The summed E-state index contributed by atoms with van der Waals surface area (Å²) < 4.78 is 24.4. The zero-order chi connectivity index (χ0) is 10.2. The lowest BCUT2D eigenvalue weighted by Crippen LogP contribution is -2.42. The zero-order valence-corrected chi connectivity index (χ0v) is 7.25. The SMILES string of the molecule is CC1=CC(=O)N(C(C)C(F)F)C1=O.